The third-order valence-corrected chi connectivity index (χ3v) is 8.70. The van der Waals surface area contributed by atoms with E-state index in [4.69, 9.17) is 26.1 Å². The Bertz CT molecular complexity index is 1620. The number of amides is 3. The smallest absolute Gasteiger partial charge is 0.330 e. The SMILES string of the molecule is COc1ccc2c(OCCC3NC(=O)N(C)CCCC/C=C\C4CC4(C(=O)O)NC3=O)cc(-n3ccc(C(C)C)n3)nc2c1Cl. The molecule has 3 atom stereocenters. The number of rotatable bonds is 8. The molecule has 0 bridgehead atoms. The number of ether oxygens (including phenoxy) is 2. The molecule has 3 unspecified atom stereocenters. The lowest BCUT2D eigenvalue weighted by atomic mass is 10.1. The number of halogens is 1. The van der Waals surface area contributed by atoms with Crippen LogP contribution in [0.25, 0.3) is 16.7 Å². The molecule has 45 heavy (non-hydrogen) atoms. The Morgan fingerprint density at radius 3 is 2.73 bits per heavy atom. The van der Waals surface area contributed by atoms with Crippen molar-refractivity contribution in [3.8, 4) is 17.3 Å². The van der Waals surface area contributed by atoms with E-state index in [0.717, 1.165) is 25.0 Å². The molecule has 12 nitrogen and oxygen atoms in total. The summed E-state index contributed by atoms with van der Waals surface area (Å²) >= 11 is 6.67. The topological polar surface area (TPSA) is 148 Å². The van der Waals surface area contributed by atoms with Gasteiger partial charge in [-0.05, 0) is 49.8 Å². The van der Waals surface area contributed by atoms with Gasteiger partial charge in [0.15, 0.2) is 5.82 Å². The van der Waals surface area contributed by atoms with E-state index in [-0.39, 0.29) is 24.9 Å². The minimum Gasteiger partial charge on any atom is -0.495 e. The van der Waals surface area contributed by atoms with Crippen molar-refractivity contribution in [2.24, 2.45) is 5.92 Å². The molecule has 1 saturated carbocycles. The first-order valence-electron chi connectivity index (χ1n) is 15.1. The molecule has 1 aliphatic carbocycles. The Balaban J connectivity index is 1.42. The van der Waals surface area contributed by atoms with Crippen molar-refractivity contribution >= 4 is 40.4 Å². The molecule has 240 valence electrons. The summed E-state index contributed by atoms with van der Waals surface area (Å²) in [4.78, 5) is 45.0. The van der Waals surface area contributed by atoms with E-state index in [9.17, 15) is 19.5 Å². The van der Waals surface area contributed by atoms with Gasteiger partial charge in [0.2, 0.25) is 5.91 Å². The Hall–Kier alpha value is -4.32. The maximum atomic E-state index is 13.5. The Labute approximate surface area is 266 Å². The molecule has 2 aliphatic rings. The minimum absolute atomic E-state index is 0.0179. The number of aliphatic carboxylic acids is 1. The minimum atomic E-state index is -1.39. The van der Waals surface area contributed by atoms with E-state index in [1.807, 2.05) is 38.3 Å². The van der Waals surface area contributed by atoms with Crippen LogP contribution in [0.5, 0.6) is 11.5 Å². The van der Waals surface area contributed by atoms with Gasteiger partial charge in [0.25, 0.3) is 0 Å². The van der Waals surface area contributed by atoms with Crippen LogP contribution in [0.4, 0.5) is 4.79 Å². The van der Waals surface area contributed by atoms with Gasteiger partial charge in [-0.2, -0.15) is 5.10 Å². The van der Waals surface area contributed by atoms with Gasteiger partial charge >= 0.3 is 12.0 Å². The van der Waals surface area contributed by atoms with Crippen molar-refractivity contribution in [2.45, 2.75) is 63.5 Å². The summed E-state index contributed by atoms with van der Waals surface area (Å²) in [5, 5.41) is 21.1. The summed E-state index contributed by atoms with van der Waals surface area (Å²) in [6.45, 7) is 4.64. The molecule has 3 aromatic rings. The normalized spacial score (nSPS) is 23.1. The van der Waals surface area contributed by atoms with Gasteiger partial charge in [0.1, 0.15) is 28.1 Å². The number of hydrogen-bond donors (Lipinski definition) is 3. The van der Waals surface area contributed by atoms with Gasteiger partial charge in [0, 0.05) is 43.6 Å². The first-order chi connectivity index (χ1) is 21.5. The van der Waals surface area contributed by atoms with Gasteiger partial charge in [0.05, 0.1) is 24.9 Å². The number of carboxylic acids is 1. The second-order valence-corrected chi connectivity index (χ2v) is 12.2. The second kappa shape index (κ2) is 13.4. The molecule has 5 rings (SSSR count). The van der Waals surface area contributed by atoms with Crippen LogP contribution in [-0.2, 0) is 9.59 Å². The average molecular weight is 639 g/mol. The molecule has 3 heterocycles. The molecule has 2 aromatic heterocycles. The first-order valence-corrected chi connectivity index (χ1v) is 15.5. The molecule has 0 spiro atoms. The van der Waals surface area contributed by atoms with Crippen LogP contribution in [-0.4, -0.2) is 81.6 Å². The molecule has 0 radical (unpaired) electrons. The maximum absolute atomic E-state index is 13.5. The zero-order valence-corrected chi connectivity index (χ0v) is 26.6. The molecule has 3 amide bonds. The fourth-order valence-electron chi connectivity index (χ4n) is 5.42. The summed E-state index contributed by atoms with van der Waals surface area (Å²) < 4.78 is 13.3. The lowest BCUT2D eigenvalue weighted by Gasteiger charge is -2.25. The molecular weight excluding hydrogens is 600 g/mol. The van der Waals surface area contributed by atoms with Crippen molar-refractivity contribution in [1.29, 1.82) is 0 Å². The molecule has 13 heteroatoms. The van der Waals surface area contributed by atoms with Crippen molar-refractivity contribution < 1.29 is 29.0 Å². The summed E-state index contributed by atoms with van der Waals surface area (Å²) in [5.74, 6) is -0.402. The zero-order chi connectivity index (χ0) is 32.3. The Kier molecular flexibility index (Phi) is 9.52. The fraction of sp³-hybridized carbons (Fsp3) is 0.469. The average Bonchev–Trinajstić information content (AvgIpc) is 3.47. The molecule has 3 N–H and O–H groups in total. The van der Waals surface area contributed by atoms with Crippen LogP contribution in [0.3, 0.4) is 0 Å². The first kappa shape index (κ1) is 32.1. The van der Waals surface area contributed by atoms with E-state index >= 15 is 0 Å². The Morgan fingerprint density at radius 2 is 2.02 bits per heavy atom. The van der Waals surface area contributed by atoms with Crippen molar-refractivity contribution in [3.63, 3.8) is 0 Å². The quantitative estimate of drug-likeness (QED) is 0.301. The van der Waals surface area contributed by atoms with Gasteiger partial charge in [-0.25, -0.2) is 19.3 Å². The number of benzene rings is 1. The van der Waals surface area contributed by atoms with E-state index < -0.39 is 29.5 Å². The van der Waals surface area contributed by atoms with Crippen molar-refractivity contribution in [2.75, 3.05) is 27.3 Å². The molecule has 1 fully saturated rings. The molecular formula is C32H39ClN6O6. The lowest BCUT2D eigenvalue weighted by Crippen LogP contribution is -2.55. The highest BCUT2D eigenvalue weighted by molar-refractivity contribution is 6.36. The highest BCUT2D eigenvalue weighted by atomic mass is 35.5. The van der Waals surface area contributed by atoms with Gasteiger partial charge < -0.3 is 30.1 Å². The van der Waals surface area contributed by atoms with Crippen LogP contribution in [0.1, 0.15) is 57.6 Å². The van der Waals surface area contributed by atoms with Gasteiger partial charge in [-0.1, -0.05) is 37.6 Å². The number of carboxylic acid groups (broad SMARTS) is 1. The Morgan fingerprint density at radius 1 is 1.22 bits per heavy atom. The number of allylic oxidation sites excluding steroid dienone is 1. The standard InChI is InChI=1S/C32H39ClN6O6/c1-19(2)22-12-15-39(37-22)26-17-25(21-10-11-24(44-4)27(33)28(21)35-26)45-16-13-23-29(40)36-32(30(41)42)18-20(32)9-7-5-6-8-14-38(3)31(43)34-23/h7,9-12,15,17,19-20,23H,5-6,8,13-14,16,18H2,1-4H3,(H,34,43)(H,36,40)(H,41,42)/b9-7-. The van der Waals surface area contributed by atoms with E-state index in [0.29, 0.717) is 46.2 Å². The number of aromatic nitrogens is 3. The van der Waals surface area contributed by atoms with Gasteiger partial charge in [-0.15, -0.1) is 0 Å². The fourth-order valence-corrected chi connectivity index (χ4v) is 5.71. The summed E-state index contributed by atoms with van der Waals surface area (Å²) in [5.41, 5.74) is -0.0471. The molecule has 1 aromatic carbocycles. The molecule has 1 aliphatic heterocycles. The second-order valence-electron chi connectivity index (χ2n) is 11.9. The number of pyridine rings is 1. The predicted octanol–water partition coefficient (Wildman–Crippen LogP) is 4.68. The van der Waals surface area contributed by atoms with Crippen molar-refractivity contribution in [1.82, 2.24) is 30.3 Å². The van der Waals surface area contributed by atoms with Crippen LogP contribution in [0.15, 0.2) is 42.6 Å². The van der Waals surface area contributed by atoms with E-state index in [1.54, 1.807) is 29.9 Å². The lowest BCUT2D eigenvalue weighted by molar-refractivity contribution is -0.143. The van der Waals surface area contributed by atoms with Crippen LogP contribution < -0.4 is 20.1 Å². The van der Waals surface area contributed by atoms with Crippen molar-refractivity contribution in [3.05, 3.63) is 53.3 Å². The summed E-state index contributed by atoms with van der Waals surface area (Å²) in [6, 6.07) is 5.70. The zero-order valence-electron chi connectivity index (χ0n) is 25.9. The molecule has 0 saturated heterocycles. The summed E-state index contributed by atoms with van der Waals surface area (Å²) in [6.07, 6.45) is 8.43. The van der Waals surface area contributed by atoms with Crippen LogP contribution >= 0.6 is 11.6 Å². The number of nitrogens with one attached hydrogen (secondary N) is 2. The number of carbonyl (C=O) groups excluding carboxylic acids is 2. The maximum Gasteiger partial charge on any atom is 0.330 e. The number of hydrogen-bond acceptors (Lipinski definition) is 7. The van der Waals surface area contributed by atoms with E-state index in [1.165, 1.54) is 12.0 Å². The van der Waals surface area contributed by atoms with Crippen LogP contribution in [0.2, 0.25) is 5.02 Å². The number of methoxy groups -OCH3 is 1. The number of carbonyl (C=O) groups is 3. The highest BCUT2D eigenvalue weighted by Crippen LogP contribution is 2.45. The predicted molar refractivity (Wildman–Crippen MR) is 169 cm³/mol. The third-order valence-electron chi connectivity index (χ3n) is 8.34. The van der Waals surface area contributed by atoms with Crippen LogP contribution in [0, 0.1) is 5.92 Å². The number of urea groups is 1. The number of nitrogens with zero attached hydrogens (tertiary/aromatic N) is 4. The third kappa shape index (κ3) is 6.85. The number of fused-ring (bicyclic) bond motifs is 2. The largest absolute Gasteiger partial charge is 0.495 e. The summed E-state index contributed by atoms with van der Waals surface area (Å²) in [7, 11) is 3.19. The van der Waals surface area contributed by atoms with E-state index in [2.05, 4.69) is 15.7 Å². The van der Waals surface area contributed by atoms with Gasteiger partial charge in [-0.3, -0.25) is 4.79 Å². The monoisotopic (exact) mass is 638 g/mol. The highest BCUT2D eigenvalue weighted by Gasteiger charge is 2.60.